The smallest absolute Gasteiger partial charge is 0.408 e. The monoisotopic (exact) mass is 670 g/mol. The molecule has 0 spiro atoms. The molecule has 0 aliphatic carbocycles. The van der Waals surface area contributed by atoms with Crippen LogP contribution in [0.3, 0.4) is 0 Å². The van der Waals surface area contributed by atoms with Gasteiger partial charge in [-0.05, 0) is 0 Å². The normalized spacial score (nSPS) is 12.1. The summed E-state index contributed by atoms with van der Waals surface area (Å²) in [5, 5.41) is 22.4. The molecule has 0 heterocycles. The fraction of sp³-hybridized carbons (Fsp3) is 0.800. The van der Waals surface area contributed by atoms with Crippen LogP contribution in [0.5, 0.6) is 0 Å². The van der Waals surface area contributed by atoms with Crippen molar-refractivity contribution in [3.63, 3.8) is 0 Å². The van der Waals surface area contributed by atoms with Gasteiger partial charge in [0.05, 0.1) is 34.8 Å². The molecule has 19 heteroatoms. The third kappa shape index (κ3) is 31.8. The molecule has 2 amide bonds. The van der Waals surface area contributed by atoms with Crippen molar-refractivity contribution in [2.75, 3.05) is 96.8 Å². The van der Waals surface area contributed by atoms with Crippen molar-refractivity contribution in [3.8, 4) is 0 Å². The molecule has 4 N–H and O–H groups in total. The minimum atomic E-state index is -1.13. The Morgan fingerprint density at radius 3 is 2.08 bits per heavy atom. The number of hydrogen-bond donors (Lipinski definition) is 4. The average Bonchev–Trinajstić information content (AvgIpc) is 2.92. The number of ether oxygens (including phenoxy) is 2. The Balaban J connectivity index is 3.42. The zero-order valence-corrected chi connectivity index (χ0v) is 26.5. The Morgan fingerprint density at radius 2 is 1.38 bits per heavy atom. The lowest BCUT2D eigenvalue weighted by Crippen LogP contribution is -2.27. The number of aliphatic hydroxyl groups is 2. The van der Waals surface area contributed by atoms with Crippen LogP contribution in [0, 0.1) is 0 Å². The number of carbonyl (C=O) groups excluding carboxylic acids is 2. The second-order valence-electron chi connectivity index (χ2n) is 6.48. The van der Waals surface area contributed by atoms with Crippen molar-refractivity contribution in [2.45, 2.75) is 0 Å². The molecule has 228 valence electrons. The average molecular weight is 671 g/mol. The van der Waals surface area contributed by atoms with Crippen LogP contribution in [-0.4, -0.2) is 135 Å². The van der Waals surface area contributed by atoms with E-state index in [2.05, 4.69) is 25.5 Å². The molecule has 0 bridgehead atoms. The first-order valence-electron chi connectivity index (χ1n) is 11.7. The lowest BCUT2D eigenvalue weighted by molar-refractivity contribution is -0.196. The van der Waals surface area contributed by atoms with Crippen LogP contribution in [0.15, 0.2) is 9.98 Å². The maximum atomic E-state index is 11.9. The number of thioether (sulfide) groups is 5. The molecule has 0 fully saturated rings. The SMILES string of the molecule is O=C(NCCSCCN=COOCSCO)OCCSCCS(=O)C=NCCSCCNC(=O)OCSCO. The van der Waals surface area contributed by atoms with E-state index in [-0.39, 0.29) is 30.4 Å². The standard InChI is InChI=1S/C20H38N4O9S6/c25-15-37-17-31-20(28)24-4-9-35-7-2-22-14-39(29)12-11-36-10-5-30-19(27)23-3-8-34-6-1-21-13-32-33-18-38-16-26/h13-14,25-26H,1-12,15-18H2,(H,23,27)(H,24,28). The Kier molecular flexibility index (Phi) is 31.5. The second kappa shape index (κ2) is 32.0. The Bertz CT molecular complexity index is 684. The highest BCUT2D eigenvalue weighted by Gasteiger charge is 2.02. The van der Waals surface area contributed by atoms with E-state index in [9.17, 15) is 13.8 Å². The Labute approximate surface area is 253 Å². The van der Waals surface area contributed by atoms with E-state index in [1.54, 1.807) is 35.3 Å². The van der Waals surface area contributed by atoms with E-state index in [1.807, 2.05) is 0 Å². The van der Waals surface area contributed by atoms with Crippen LogP contribution in [0.25, 0.3) is 0 Å². The van der Waals surface area contributed by atoms with Gasteiger partial charge in [0.2, 0.25) is 6.40 Å². The first-order chi connectivity index (χ1) is 19.1. The molecule has 0 radical (unpaired) electrons. The molecule has 0 aromatic rings. The molecule has 0 saturated carbocycles. The summed E-state index contributed by atoms with van der Waals surface area (Å²) in [6, 6.07) is 0. The molecule has 13 nitrogen and oxygen atoms in total. The molecular weight excluding hydrogens is 633 g/mol. The fourth-order valence-corrected chi connectivity index (χ4v) is 5.71. The van der Waals surface area contributed by atoms with Crippen molar-refractivity contribution in [1.82, 2.24) is 10.6 Å². The van der Waals surface area contributed by atoms with Crippen molar-refractivity contribution in [3.05, 3.63) is 0 Å². The number of aliphatic imine (C=N–C) groups is 2. The van der Waals surface area contributed by atoms with Gasteiger partial charge < -0.3 is 35.2 Å². The number of nitrogens with zero attached hydrogens (tertiary/aromatic N) is 2. The van der Waals surface area contributed by atoms with Crippen molar-refractivity contribution in [1.29, 1.82) is 0 Å². The molecule has 0 aromatic heterocycles. The molecule has 0 saturated heterocycles. The molecule has 39 heavy (non-hydrogen) atoms. The maximum absolute atomic E-state index is 11.9. The van der Waals surface area contributed by atoms with E-state index in [0.717, 1.165) is 29.0 Å². The highest BCUT2D eigenvalue weighted by Crippen LogP contribution is 2.02. The minimum absolute atomic E-state index is 0.0306. The predicted octanol–water partition coefficient (Wildman–Crippen LogP) is 1.67. The quantitative estimate of drug-likeness (QED) is 0.0248. The van der Waals surface area contributed by atoms with Crippen molar-refractivity contribution in [2.24, 2.45) is 9.98 Å². The van der Waals surface area contributed by atoms with Gasteiger partial charge in [-0.2, -0.15) is 40.2 Å². The number of aliphatic hydroxyl groups excluding tert-OH is 2. The van der Waals surface area contributed by atoms with Gasteiger partial charge in [0.25, 0.3) is 0 Å². The first kappa shape index (κ1) is 38.5. The largest absolute Gasteiger partial charge is 0.449 e. The summed E-state index contributed by atoms with van der Waals surface area (Å²) in [4.78, 5) is 40.5. The summed E-state index contributed by atoms with van der Waals surface area (Å²) in [5.41, 5.74) is 1.46. The van der Waals surface area contributed by atoms with Crippen LogP contribution in [0.4, 0.5) is 9.59 Å². The summed E-state index contributed by atoms with van der Waals surface area (Å²) in [7, 11) is -1.13. The lowest BCUT2D eigenvalue weighted by Gasteiger charge is -2.06. The van der Waals surface area contributed by atoms with Gasteiger partial charge in [-0.3, -0.25) is 14.2 Å². The highest BCUT2D eigenvalue weighted by molar-refractivity contribution is 8.02. The fourth-order valence-electron chi connectivity index (χ4n) is 1.96. The van der Waals surface area contributed by atoms with Gasteiger partial charge >= 0.3 is 12.2 Å². The summed E-state index contributed by atoms with van der Waals surface area (Å²) in [6.45, 7) is 2.36. The first-order valence-corrected chi connectivity index (χ1v) is 18.8. The molecular formula is C20H38N4O9S6. The number of amides is 2. The van der Waals surface area contributed by atoms with Crippen molar-refractivity contribution >= 4 is 93.7 Å². The number of alkyl carbamates (subject to hydrolysis) is 2. The number of carbonyl (C=O) groups is 2. The van der Waals surface area contributed by atoms with Gasteiger partial charge in [0, 0.05) is 59.9 Å². The van der Waals surface area contributed by atoms with Crippen LogP contribution < -0.4 is 10.6 Å². The van der Waals surface area contributed by atoms with E-state index in [4.69, 9.17) is 24.6 Å². The van der Waals surface area contributed by atoms with Crippen LogP contribution >= 0.6 is 58.8 Å². The predicted molar refractivity (Wildman–Crippen MR) is 167 cm³/mol. The van der Waals surface area contributed by atoms with Crippen LogP contribution in [0.2, 0.25) is 0 Å². The molecule has 0 rings (SSSR count). The van der Waals surface area contributed by atoms with Crippen LogP contribution in [-0.2, 0) is 30.0 Å². The summed E-state index contributed by atoms with van der Waals surface area (Å²) in [6.07, 6.45) is 0.251. The number of nitrogens with one attached hydrogen (secondary N) is 2. The third-order valence-corrected chi connectivity index (χ3v) is 8.65. The summed E-state index contributed by atoms with van der Waals surface area (Å²) >= 11 is 7.08. The molecule has 1 unspecified atom stereocenters. The highest BCUT2D eigenvalue weighted by atomic mass is 32.2. The van der Waals surface area contributed by atoms with Gasteiger partial charge in [-0.1, -0.05) is 11.8 Å². The van der Waals surface area contributed by atoms with E-state index >= 15 is 0 Å². The molecule has 0 aromatic carbocycles. The summed E-state index contributed by atoms with van der Waals surface area (Å²) in [5.74, 6) is 4.98. The topological polar surface area (TPSA) is 177 Å². The second-order valence-corrected chi connectivity index (χ2v) is 13.3. The Morgan fingerprint density at radius 1 is 0.769 bits per heavy atom. The maximum Gasteiger partial charge on any atom is 0.408 e. The summed E-state index contributed by atoms with van der Waals surface area (Å²) < 4.78 is 21.8. The number of hydrogen-bond acceptors (Lipinski definition) is 16. The van der Waals surface area contributed by atoms with E-state index in [1.165, 1.54) is 23.7 Å². The van der Waals surface area contributed by atoms with E-state index in [0.29, 0.717) is 49.2 Å². The van der Waals surface area contributed by atoms with Gasteiger partial charge in [-0.15, -0.1) is 11.8 Å². The molecule has 0 aliphatic rings. The third-order valence-electron chi connectivity index (χ3n) is 3.62. The van der Waals surface area contributed by atoms with Gasteiger partial charge in [0.15, 0.2) is 0 Å². The molecule has 0 aliphatic heterocycles. The van der Waals surface area contributed by atoms with Gasteiger partial charge in [0.1, 0.15) is 18.5 Å². The van der Waals surface area contributed by atoms with E-state index < -0.39 is 23.0 Å². The minimum Gasteiger partial charge on any atom is -0.449 e. The van der Waals surface area contributed by atoms with Crippen LogP contribution in [0.1, 0.15) is 0 Å². The zero-order chi connectivity index (χ0) is 28.7. The van der Waals surface area contributed by atoms with Crippen molar-refractivity contribution < 1.29 is 43.3 Å². The number of rotatable bonds is 27. The Hall–Kier alpha value is -0.540. The lowest BCUT2D eigenvalue weighted by atomic mass is 10.7. The zero-order valence-electron chi connectivity index (χ0n) is 21.6. The van der Waals surface area contributed by atoms with Gasteiger partial charge in [-0.25, -0.2) is 9.59 Å². The molecule has 1 atom stereocenters.